The van der Waals surface area contributed by atoms with Crippen LogP contribution in [0.4, 0.5) is 0 Å². The highest BCUT2D eigenvalue weighted by atomic mass is 16.1. The Morgan fingerprint density at radius 3 is 2.76 bits per heavy atom. The quantitative estimate of drug-likeness (QED) is 0.704. The van der Waals surface area contributed by atoms with Crippen molar-refractivity contribution in [3.8, 4) is 0 Å². The summed E-state index contributed by atoms with van der Waals surface area (Å²) in [5, 5.41) is 4.37. The number of para-hydroxylation sites is 1. The number of aromatic amines is 1. The van der Waals surface area contributed by atoms with Gasteiger partial charge in [-0.2, -0.15) is 0 Å². The molecule has 106 valence electrons. The van der Waals surface area contributed by atoms with Gasteiger partial charge in [0, 0.05) is 30.0 Å². The molecule has 0 atom stereocenters. The Kier molecular flexibility index (Phi) is 4.07. The summed E-state index contributed by atoms with van der Waals surface area (Å²) in [7, 11) is 0. The number of hydrogen-bond donors (Lipinski definition) is 2. The highest BCUT2D eigenvalue weighted by molar-refractivity contribution is 5.78. The zero-order valence-electron chi connectivity index (χ0n) is 11.7. The molecule has 0 unspecified atom stereocenters. The highest BCUT2D eigenvalue weighted by Crippen LogP contribution is 2.09. The minimum Gasteiger partial charge on any atom is -0.322 e. The standard InChI is InChI=1S/C17H17N3O/c21-17-15(11-14-3-1-2-4-16(14)20-17)12-19-10-7-13-5-8-18-9-6-13/h1-6,8-9,11,19H,7,10,12H2,(H,20,21). The number of aromatic nitrogens is 2. The van der Waals surface area contributed by atoms with Gasteiger partial charge >= 0.3 is 0 Å². The third kappa shape index (κ3) is 3.35. The summed E-state index contributed by atoms with van der Waals surface area (Å²) in [5.41, 5.74) is 2.86. The van der Waals surface area contributed by atoms with Gasteiger partial charge in [-0.25, -0.2) is 0 Å². The Bertz CT molecular complexity index is 781. The Morgan fingerprint density at radius 1 is 1.10 bits per heavy atom. The first kappa shape index (κ1) is 13.5. The van der Waals surface area contributed by atoms with Crippen LogP contribution in [-0.2, 0) is 13.0 Å². The van der Waals surface area contributed by atoms with E-state index in [1.165, 1.54) is 5.56 Å². The number of nitrogens with zero attached hydrogens (tertiary/aromatic N) is 1. The molecular weight excluding hydrogens is 262 g/mol. The molecule has 3 rings (SSSR count). The molecule has 2 heterocycles. The number of benzene rings is 1. The van der Waals surface area contributed by atoms with E-state index in [-0.39, 0.29) is 5.56 Å². The van der Waals surface area contributed by atoms with Crippen molar-refractivity contribution in [3.63, 3.8) is 0 Å². The summed E-state index contributed by atoms with van der Waals surface area (Å²) in [6, 6.07) is 13.8. The van der Waals surface area contributed by atoms with E-state index < -0.39 is 0 Å². The van der Waals surface area contributed by atoms with Crippen molar-refractivity contribution in [2.24, 2.45) is 0 Å². The molecule has 0 aliphatic heterocycles. The third-order valence-electron chi connectivity index (χ3n) is 3.49. The Morgan fingerprint density at radius 2 is 1.90 bits per heavy atom. The molecule has 0 fully saturated rings. The number of rotatable bonds is 5. The lowest BCUT2D eigenvalue weighted by atomic mass is 10.1. The van der Waals surface area contributed by atoms with Crippen molar-refractivity contribution in [2.75, 3.05) is 6.54 Å². The lowest BCUT2D eigenvalue weighted by Gasteiger charge is -2.06. The zero-order valence-corrected chi connectivity index (χ0v) is 11.7. The van der Waals surface area contributed by atoms with Crippen molar-refractivity contribution in [1.29, 1.82) is 0 Å². The van der Waals surface area contributed by atoms with Gasteiger partial charge in [0.15, 0.2) is 0 Å². The second-order valence-electron chi connectivity index (χ2n) is 4.99. The first-order valence-electron chi connectivity index (χ1n) is 7.03. The smallest absolute Gasteiger partial charge is 0.252 e. The summed E-state index contributed by atoms with van der Waals surface area (Å²) < 4.78 is 0. The second kappa shape index (κ2) is 6.33. The summed E-state index contributed by atoms with van der Waals surface area (Å²) >= 11 is 0. The normalized spacial score (nSPS) is 10.9. The summed E-state index contributed by atoms with van der Waals surface area (Å²) in [6.07, 6.45) is 4.51. The third-order valence-corrected chi connectivity index (χ3v) is 3.49. The fourth-order valence-electron chi connectivity index (χ4n) is 2.33. The Labute approximate surface area is 122 Å². The fourth-order valence-corrected chi connectivity index (χ4v) is 2.33. The van der Waals surface area contributed by atoms with E-state index in [2.05, 4.69) is 15.3 Å². The predicted molar refractivity (Wildman–Crippen MR) is 84.2 cm³/mol. The van der Waals surface area contributed by atoms with Gasteiger partial charge in [0.2, 0.25) is 0 Å². The zero-order chi connectivity index (χ0) is 14.5. The molecule has 2 N–H and O–H groups in total. The monoisotopic (exact) mass is 279 g/mol. The molecular formula is C17H17N3O. The summed E-state index contributed by atoms with van der Waals surface area (Å²) in [6.45, 7) is 1.40. The number of hydrogen-bond acceptors (Lipinski definition) is 3. The molecule has 0 aliphatic carbocycles. The minimum atomic E-state index is -0.0230. The van der Waals surface area contributed by atoms with Gasteiger partial charge in [0.1, 0.15) is 0 Å². The first-order valence-corrected chi connectivity index (χ1v) is 7.03. The summed E-state index contributed by atoms with van der Waals surface area (Å²) in [4.78, 5) is 18.9. The van der Waals surface area contributed by atoms with Gasteiger partial charge in [-0.15, -0.1) is 0 Å². The fraction of sp³-hybridized carbons (Fsp3) is 0.176. The predicted octanol–water partition coefficient (Wildman–Crippen LogP) is 2.26. The molecule has 0 bridgehead atoms. The average molecular weight is 279 g/mol. The molecule has 0 saturated heterocycles. The molecule has 0 aliphatic rings. The van der Waals surface area contributed by atoms with E-state index in [4.69, 9.17) is 0 Å². The SMILES string of the molecule is O=c1[nH]c2ccccc2cc1CNCCc1ccncc1. The number of H-pyrrole nitrogens is 1. The molecule has 0 saturated carbocycles. The van der Waals surface area contributed by atoms with Crippen molar-refractivity contribution in [3.05, 3.63) is 76.3 Å². The van der Waals surface area contributed by atoms with E-state index in [0.717, 1.165) is 29.4 Å². The van der Waals surface area contributed by atoms with Crippen molar-refractivity contribution in [1.82, 2.24) is 15.3 Å². The van der Waals surface area contributed by atoms with Gasteiger partial charge in [-0.3, -0.25) is 9.78 Å². The molecule has 0 radical (unpaired) electrons. The van der Waals surface area contributed by atoms with Crippen LogP contribution in [0.3, 0.4) is 0 Å². The number of pyridine rings is 2. The Balaban J connectivity index is 1.63. The van der Waals surface area contributed by atoms with Crippen molar-refractivity contribution >= 4 is 10.9 Å². The van der Waals surface area contributed by atoms with Crippen LogP contribution in [-0.4, -0.2) is 16.5 Å². The van der Waals surface area contributed by atoms with Crippen LogP contribution in [0.15, 0.2) is 59.7 Å². The van der Waals surface area contributed by atoms with Crippen LogP contribution in [0, 0.1) is 0 Å². The van der Waals surface area contributed by atoms with Crippen molar-refractivity contribution in [2.45, 2.75) is 13.0 Å². The van der Waals surface area contributed by atoms with Gasteiger partial charge in [0.05, 0.1) is 0 Å². The minimum absolute atomic E-state index is 0.0230. The van der Waals surface area contributed by atoms with Crippen LogP contribution in [0.5, 0.6) is 0 Å². The Hall–Kier alpha value is -2.46. The number of nitrogens with one attached hydrogen (secondary N) is 2. The molecule has 0 spiro atoms. The van der Waals surface area contributed by atoms with Gasteiger partial charge < -0.3 is 10.3 Å². The maximum absolute atomic E-state index is 12.0. The molecule has 4 nitrogen and oxygen atoms in total. The maximum atomic E-state index is 12.0. The van der Waals surface area contributed by atoms with Crippen LogP contribution < -0.4 is 10.9 Å². The first-order chi connectivity index (χ1) is 10.3. The van der Waals surface area contributed by atoms with E-state index in [1.807, 2.05) is 42.5 Å². The average Bonchev–Trinajstić information content (AvgIpc) is 2.53. The van der Waals surface area contributed by atoms with E-state index in [1.54, 1.807) is 12.4 Å². The highest BCUT2D eigenvalue weighted by Gasteiger charge is 2.02. The van der Waals surface area contributed by atoms with Crippen LogP contribution >= 0.6 is 0 Å². The van der Waals surface area contributed by atoms with Gasteiger partial charge in [-0.05, 0) is 48.2 Å². The van der Waals surface area contributed by atoms with Crippen molar-refractivity contribution < 1.29 is 0 Å². The van der Waals surface area contributed by atoms with Gasteiger partial charge in [0.25, 0.3) is 5.56 Å². The molecule has 21 heavy (non-hydrogen) atoms. The molecule has 2 aromatic heterocycles. The maximum Gasteiger partial charge on any atom is 0.252 e. The van der Waals surface area contributed by atoms with Crippen LogP contribution in [0.25, 0.3) is 10.9 Å². The van der Waals surface area contributed by atoms with E-state index in [9.17, 15) is 4.79 Å². The lowest BCUT2D eigenvalue weighted by molar-refractivity contribution is 0.682. The van der Waals surface area contributed by atoms with E-state index >= 15 is 0 Å². The number of fused-ring (bicyclic) bond motifs is 1. The molecule has 0 amide bonds. The van der Waals surface area contributed by atoms with Crippen LogP contribution in [0.2, 0.25) is 0 Å². The molecule has 1 aromatic carbocycles. The lowest BCUT2D eigenvalue weighted by Crippen LogP contribution is -2.22. The van der Waals surface area contributed by atoms with Gasteiger partial charge in [-0.1, -0.05) is 18.2 Å². The molecule has 3 aromatic rings. The molecule has 4 heteroatoms. The largest absolute Gasteiger partial charge is 0.322 e. The summed E-state index contributed by atoms with van der Waals surface area (Å²) in [5.74, 6) is 0. The van der Waals surface area contributed by atoms with Crippen LogP contribution in [0.1, 0.15) is 11.1 Å². The van der Waals surface area contributed by atoms with E-state index in [0.29, 0.717) is 6.54 Å². The topological polar surface area (TPSA) is 57.8 Å². The second-order valence-corrected chi connectivity index (χ2v) is 4.99.